The number of amides is 1. The Balaban J connectivity index is 1.69. The fourth-order valence-corrected chi connectivity index (χ4v) is 3.62. The van der Waals surface area contributed by atoms with Crippen molar-refractivity contribution in [1.29, 1.82) is 0 Å². The normalized spacial score (nSPS) is 22.2. The molecule has 6 heteroatoms. The molecule has 2 aliphatic heterocycles. The van der Waals surface area contributed by atoms with Crippen molar-refractivity contribution in [2.45, 2.75) is 19.9 Å². The van der Waals surface area contributed by atoms with Gasteiger partial charge in [0.15, 0.2) is 0 Å². The summed E-state index contributed by atoms with van der Waals surface area (Å²) in [5, 5.41) is 9.05. The van der Waals surface area contributed by atoms with Gasteiger partial charge in [0, 0.05) is 57.4 Å². The van der Waals surface area contributed by atoms with E-state index < -0.39 is 6.09 Å². The molecule has 1 N–H and O–H groups in total. The molecule has 0 spiro atoms. The average Bonchev–Trinajstić information content (AvgIpc) is 3.06. The first-order valence-corrected chi connectivity index (χ1v) is 8.67. The molecule has 0 bridgehead atoms. The van der Waals surface area contributed by atoms with Crippen molar-refractivity contribution in [2.24, 2.45) is 5.92 Å². The Hall–Kier alpha value is -1.82. The second kappa shape index (κ2) is 7.38. The zero-order valence-corrected chi connectivity index (χ0v) is 14.2. The van der Waals surface area contributed by atoms with Crippen LogP contribution in [0.5, 0.6) is 0 Å². The van der Waals surface area contributed by atoms with E-state index in [1.165, 1.54) is 21.7 Å². The zero-order chi connectivity index (χ0) is 17.1. The van der Waals surface area contributed by atoms with Crippen molar-refractivity contribution in [3.8, 4) is 0 Å². The van der Waals surface area contributed by atoms with Crippen LogP contribution in [0.3, 0.4) is 0 Å². The van der Waals surface area contributed by atoms with Gasteiger partial charge in [0.1, 0.15) is 0 Å². The molecule has 0 radical (unpaired) electrons. The Morgan fingerprint density at radius 3 is 2.62 bits per heavy atom. The van der Waals surface area contributed by atoms with E-state index >= 15 is 0 Å². The number of benzene rings is 1. The van der Waals surface area contributed by atoms with Gasteiger partial charge in [-0.05, 0) is 30.5 Å². The van der Waals surface area contributed by atoms with E-state index in [1.807, 2.05) is 0 Å². The SMILES string of the molecule is Cc1ccc(CN2CCN(C(=O)O)CC2)c(N2CCC(CF)C2)c1. The lowest BCUT2D eigenvalue weighted by Crippen LogP contribution is -2.47. The van der Waals surface area contributed by atoms with Crippen molar-refractivity contribution in [2.75, 3.05) is 50.8 Å². The van der Waals surface area contributed by atoms with Crippen molar-refractivity contribution in [1.82, 2.24) is 9.80 Å². The molecule has 132 valence electrons. The number of nitrogens with zero attached hydrogens (tertiary/aromatic N) is 3. The highest BCUT2D eigenvalue weighted by Gasteiger charge is 2.26. The highest BCUT2D eigenvalue weighted by molar-refractivity contribution is 5.65. The molecule has 0 saturated carbocycles. The van der Waals surface area contributed by atoms with E-state index in [1.54, 1.807) is 0 Å². The van der Waals surface area contributed by atoms with Gasteiger partial charge < -0.3 is 14.9 Å². The minimum Gasteiger partial charge on any atom is -0.465 e. The molecular weight excluding hydrogens is 309 g/mol. The fourth-order valence-electron chi connectivity index (χ4n) is 3.62. The Morgan fingerprint density at radius 1 is 1.25 bits per heavy atom. The van der Waals surface area contributed by atoms with Crippen LogP contribution < -0.4 is 4.90 Å². The highest BCUT2D eigenvalue weighted by atomic mass is 19.1. The molecular formula is C18H26FN3O2. The third-order valence-corrected chi connectivity index (χ3v) is 5.12. The van der Waals surface area contributed by atoms with Gasteiger partial charge in [-0.1, -0.05) is 12.1 Å². The largest absolute Gasteiger partial charge is 0.465 e. The van der Waals surface area contributed by atoms with Crippen LogP contribution in [0.4, 0.5) is 14.9 Å². The van der Waals surface area contributed by atoms with Crippen molar-refractivity contribution < 1.29 is 14.3 Å². The minimum absolute atomic E-state index is 0.150. The maximum absolute atomic E-state index is 13.0. The molecule has 2 aliphatic rings. The molecule has 0 aliphatic carbocycles. The monoisotopic (exact) mass is 335 g/mol. The van der Waals surface area contributed by atoms with Crippen molar-refractivity contribution in [3.63, 3.8) is 0 Å². The molecule has 2 fully saturated rings. The number of rotatable bonds is 4. The Kier molecular flexibility index (Phi) is 5.23. The third kappa shape index (κ3) is 3.80. The molecule has 5 nitrogen and oxygen atoms in total. The maximum Gasteiger partial charge on any atom is 0.407 e. The standard InChI is InChI=1S/C18H26FN3O2/c1-14-2-3-16(13-20-6-8-21(9-7-20)18(23)24)17(10-14)22-5-4-15(11-19)12-22/h2-3,10,15H,4-9,11-13H2,1H3,(H,23,24). The van der Waals surface area contributed by atoms with E-state index in [4.69, 9.17) is 5.11 Å². The van der Waals surface area contributed by atoms with Gasteiger partial charge in [-0.25, -0.2) is 4.79 Å². The lowest BCUT2D eigenvalue weighted by molar-refractivity contribution is 0.103. The molecule has 3 rings (SSSR count). The summed E-state index contributed by atoms with van der Waals surface area (Å²) < 4.78 is 13.0. The predicted molar refractivity (Wildman–Crippen MR) is 92.3 cm³/mol. The summed E-state index contributed by atoms with van der Waals surface area (Å²) >= 11 is 0. The van der Waals surface area contributed by atoms with Crippen LogP contribution in [0, 0.1) is 12.8 Å². The van der Waals surface area contributed by atoms with Crippen LogP contribution in [-0.2, 0) is 6.54 Å². The Morgan fingerprint density at radius 2 is 2.00 bits per heavy atom. The Labute approximate surface area is 142 Å². The van der Waals surface area contributed by atoms with Crippen LogP contribution >= 0.6 is 0 Å². The number of aryl methyl sites for hydroxylation is 1. The molecule has 1 atom stereocenters. The highest BCUT2D eigenvalue weighted by Crippen LogP contribution is 2.29. The molecule has 0 aromatic heterocycles. The number of hydrogen-bond donors (Lipinski definition) is 1. The molecule has 24 heavy (non-hydrogen) atoms. The molecule has 1 aromatic rings. The first-order chi connectivity index (χ1) is 11.6. The van der Waals surface area contributed by atoms with E-state index in [0.29, 0.717) is 13.1 Å². The number of piperazine rings is 1. The molecule has 2 heterocycles. The first kappa shape index (κ1) is 17.0. The Bertz CT molecular complexity index is 588. The van der Waals surface area contributed by atoms with E-state index in [2.05, 4.69) is 34.9 Å². The van der Waals surface area contributed by atoms with E-state index in [0.717, 1.165) is 39.1 Å². The quantitative estimate of drug-likeness (QED) is 0.919. The maximum atomic E-state index is 13.0. The second-order valence-corrected chi connectivity index (χ2v) is 6.93. The lowest BCUT2D eigenvalue weighted by Gasteiger charge is -2.34. The number of carboxylic acid groups (broad SMARTS) is 1. The zero-order valence-electron chi connectivity index (χ0n) is 14.2. The third-order valence-electron chi connectivity index (χ3n) is 5.12. The summed E-state index contributed by atoms with van der Waals surface area (Å²) in [6.45, 7) is 7.00. The number of hydrogen-bond acceptors (Lipinski definition) is 3. The predicted octanol–water partition coefficient (Wildman–Crippen LogP) is 2.59. The van der Waals surface area contributed by atoms with Gasteiger partial charge in [-0.2, -0.15) is 0 Å². The number of anilines is 1. The van der Waals surface area contributed by atoms with Crippen LogP contribution in [0.15, 0.2) is 18.2 Å². The van der Waals surface area contributed by atoms with E-state index in [9.17, 15) is 9.18 Å². The topological polar surface area (TPSA) is 47.0 Å². The first-order valence-electron chi connectivity index (χ1n) is 8.67. The summed E-state index contributed by atoms with van der Waals surface area (Å²) in [5.41, 5.74) is 3.68. The number of carbonyl (C=O) groups is 1. The van der Waals surface area contributed by atoms with Crippen molar-refractivity contribution in [3.05, 3.63) is 29.3 Å². The second-order valence-electron chi connectivity index (χ2n) is 6.93. The molecule has 2 saturated heterocycles. The molecule has 1 unspecified atom stereocenters. The summed E-state index contributed by atoms with van der Waals surface area (Å²) in [5.74, 6) is 0.150. The number of halogens is 1. The summed E-state index contributed by atoms with van der Waals surface area (Å²) in [6, 6.07) is 6.48. The smallest absolute Gasteiger partial charge is 0.407 e. The van der Waals surface area contributed by atoms with Crippen LogP contribution in [0.25, 0.3) is 0 Å². The minimum atomic E-state index is -0.833. The molecule has 1 aromatic carbocycles. The summed E-state index contributed by atoms with van der Waals surface area (Å²) in [7, 11) is 0. The van der Waals surface area contributed by atoms with Crippen LogP contribution in [0.2, 0.25) is 0 Å². The van der Waals surface area contributed by atoms with Gasteiger partial charge >= 0.3 is 6.09 Å². The van der Waals surface area contributed by atoms with Crippen LogP contribution in [-0.4, -0.2) is 66.9 Å². The van der Waals surface area contributed by atoms with Gasteiger partial charge in [0.05, 0.1) is 6.67 Å². The summed E-state index contributed by atoms with van der Waals surface area (Å²) in [6.07, 6.45) is 0.0845. The average molecular weight is 335 g/mol. The fraction of sp³-hybridized carbons (Fsp3) is 0.611. The number of alkyl halides is 1. The van der Waals surface area contributed by atoms with Gasteiger partial charge in [0.2, 0.25) is 0 Å². The lowest BCUT2D eigenvalue weighted by atomic mass is 10.1. The summed E-state index contributed by atoms with van der Waals surface area (Å²) in [4.78, 5) is 17.1. The molecule has 1 amide bonds. The van der Waals surface area contributed by atoms with Gasteiger partial charge in [-0.15, -0.1) is 0 Å². The van der Waals surface area contributed by atoms with Gasteiger partial charge in [0.25, 0.3) is 0 Å². The van der Waals surface area contributed by atoms with Gasteiger partial charge in [-0.3, -0.25) is 9.29 Å². The van der Waals surface area contributed by atoms with Crippen molar-refractivity contribution >= 4 is 11.8 Å². The van der Waals surface area contributed by atoms with Crippen LogP contribution in [0.1, 0.15) is 17.5 Å². The van der Waals surface area contributed by atoms with E-state index in [-0.39, 0.29) is 12.6 Å².